The number of hydrogen-bond donors (Lipinski definition) is 0. The Hall–Kier alpha value is -1.54. The van der Waals surface area contributed by atoms with Crippen LogP contribution in [0.4, 0.5) is 13.2 Å². The molecule has 3 aliphatic rings. The molecule has 2 heterocycles. The molecule has 176 valence electrons. The van der Waals surface area contributed by atoms with Gasteiger partial charge in [0.05, 0.1) is 11.5 Å². The molecule has 4 rings (SSSR count). The second kappa shape index (κ2) is 8.35. The van der Waals surface area contributed by atoms with Crippen molar-refractivity contribution in [2.45, 2.75) is 70.5 Å². The summed E-state index contributed by atoms with van der Waals surface area (Å²) < 4.78 is 38.4. The van der Waals surface area contributed by atoms with Crippen molar-refractivity contribution < 1.29 is 18.0 Å². The van der Waals surface area contributed by atoms with Crippen LogP contribution < -0.4 is 0 Å². The summed E-state index contributed by atoms with van der Waals surface area (Å²) in [5.74, 6) is 0.0519. The van der Waals surface area contributed by atoms with E-state index in [0.717, 1.165) is 61.8 Å². The number of amidine groups is 1. The Morgan fingerprint density at radius 3 is 2.44 bits per heavy atom. The molecular formula is C24H32F3N3OS. The van der Waals surface area contributed by atoms with Crippen LogP contribution >= 0.6 is 11.8 Å². The average Bonchev–Trinajstić information content (AvgIpc) is 2.67. The molecule has 1 aromatic rings. The summed E-state index contributed by atoms with van der Waals surface area (Å²) in [6.07, 6.45) is -1.23. The summed E-state index contributed by atoms with van der Waals surface area (Å²) >= 11 is 1.77. The summed E-state index contributed by atoms with van der Waals surface area (Å²) in [6, 6.07) is 5.43. The zero-order valence-corrected chi connectivity index (χ0v) is 20.0. The van der Waals surface area contributed by atoms with Crippen molar-refractivity contribution in [2.24, 2.45) is 16.3 Å². The third kappa shape index (κ3) is 5.01. The fraction of sp³-hybridized carbons (Fsp3) is 0.667. The van der Waals surface area contributed by atoms with Crippen LogP contribution in [-0.2, 0) is 17.5 Å². The SMILES string of the molecule is CC1(C)CCC2SC(N3CCN(Cc4ccc(C(F)(F)F)cc4)CC3(C)C)=NC(=O)C2C1. The molecule has 8 heteroatoms. The van der Waals surface area contributed by atoms with E-state index >= 15 is 0 Å². The number of halogens is 3. The number of amides is 1. The highest BCUT2D eigenvalue weighted by Crippen LogP contribution is 2.47. The van der Waals surface area contributed by atoms with Gasteiger partial charge in [-0.25, -0.2) is 0 Å². The van der Waals surface area contributed by atoms with Gasteiger partial charge in [0.1, 0.15) is 0 Å². The van der Waals surface area contributed by atoms with Gasteiger partial charge in [-0.05, 0) is 56.2 Å². The van der Waals surface area contributed by atoms with Crippen LogP contribution in [0.25, 0.3) is 0 Å². The van der Waals surface area contributed by atoms with Gasteiger partial charge in [0.15, 0.2) is 5.17 Å². The van der Waals surface area contributed by atoms with Gasteiger partial charge in [-0.15, -0.1) is 0 Å². The molecule has 0 aromatic heterocycles. The highest BCUT2D eigenvalue weighted by molar-refractivity contribution is 8.14. The quantitative estimate of drug-likeness (QED) is 0.581. The van der Waals surface area contributed by atoms with Crippen molar-refractivity contribution in [3.05, 3.63) is 35.4 Å². The first kappa shape index (κ1) is 23.6. The Balaban J connectivity index is 1.42. The summed E-state index contributed by atoms with van der Waals surface area (Å²) in [4.78, 5) is 21.9. The lowest BCUT2D eigenvalue weighted by Crippen LogP contribution is -2.61. The first-order valence-corrected chi connectivity index (χ1v) is 12.2. The van der Waals surface area contributed by atoms with E-state index in [1.165, 1.54) is 0 Å². The van der Waals surface area contributed by atoms with Crippen molar-refractivity contribution in [1.82, 2.24) is 9.80 Å². The third-order valence-electron chi connectivity index (χ3n) is 7.01. The van der Waals surface area contributed by atoms with Gasteiger partial charge in [-0.2, -0.15) is 18.2 Å². The number of thioether (sulfide) groups is 1. The Labute approximate surface area is 192 Å². The van der Waals surface area contributed by atoms with Crippen LogP contribution in [0.2, 0.25) is 0 Å². The van der Waals surface area contributed by atoms with E-state index in [2.05, 4.69) is 42.5 Å². The van der Waals surface area contributed by atoms with Crippen molar-refractivity contribution >= 4 is 22.8 Å². The number of aliphatic imine (C=N–C) groups is 1. The van der Waals surface area contributed by atoms with Crippen LogP contribution in [0.15, 0.2) is 29.3 Å². The minimum absolute atomic E-state index is 0.0246. The summed E-state index contributed by atoms with van der Waals surface area (Å²) in [5.41, 5.74) is 0.229. The Bertz CT molecular complexity index is 895. The Kier molecular flexibility index (Phi) is 6.16. The van der Waals surface area contributed by atoms with Crippen molar-refractivity contribution in [2.75, 3.05) is 19.6 Å². The largest absolute Gasteiger partial charge is 0.416 e. The van der Waals surface area contributed by atoms with Crippen LogP contribution in [0.1, 0.15) is 58.1 Å². The van der Waals surface area contributed by atoms with E-state index in [9.17, 15) is 18.0 Å². The van der Waals surface area contributed by atoms with Crippen LogP contribution in [0, 0.1) is 11.3 Å². The van der Waals surface area contributed by atoms with E-state index in [0.29, 0.717) is 11.8 Å². The summed E-state index contributed by atoms with van der Waals surface area (Å²) in [7, 11) is 0. The van der Waals surface area contributed by atoms with Gasteiger partial charge >= 0.3 is 6.18 Å². The zero-order valence-electron chi connectivity index (χ0n) is 19.2. The van der Waals surface area contributed by atoms with E-state index in [-0.39, 0.29) is 22.8 Å². The minimum atomic E-state index is -4.31. The predicted octanol–water partition coefficient (Wildman–Crippen LogP) is 5.43. The number of benzene rings is 1. The molecule has 2 aliphatic heterocycles. The second-order valence-electron chi connectivity index (χ2n) is 10.8. The monoisotopic (exact) mass is 467 g/mol. The maximum absolute atomic E-state index is 12.9. The number of rotatable bonds is 2. The van der Waals surface area contributed by atoms with Crippen molar-refractivity contribution in [3.63, 3.8) is 0 Å². The third-order valence-corrected chi connectivity index (χ3v) is 8.40. The molecule has 0 radical (unpaired) electrons. The average molecular weight is 468 g/mol. The smallest absolute Gasteiger partial charge is 0.343 e. The normalized spacial score (nSPS) is 28.3. The molecule has 1 amide bonds. The highest BCUT2D eigenvalue weighted by Gasteiger charge is 2.45. The zero-order chi connectivity index (χ0) is 23.3. The fourth-order valence-corrected chi connectivity index (χ4v) is 6.71. The van der Waals surface area contributed by atoms with Crippen molar-refractivity contribution in [1.29, 1.82) is 0 Å². The van der Waals surface area contributed by atoms with Gasteiger partial charge in [-0.1, -0.05) is 37.7 Å². The molecule has 2 unspecified atom stereocenters. The molecule has 0 bridgehead atoms. The molecular weight excluding hydrogens is 435 g/mol. The van der Waals surface area contributed by atoms with Gasteiger partial charge in [0.25, 0.3) is 5.91 Å². The van der Waals surface area contributed by atoms with Crippen LogP contribution in [-0.4, -0.2) is 51.3 Å². The number of carbonyl (C=O) groups is 1. The molecule has 2 atom stereocenters. The second-order valence-corrected chi connectivity index (χ2v) is 12.0. The lowest BCUT2D eigenvalue weighted by molar-refractivity contribution is -0.137. The number of hydrogen-bond acceptors (Lipinski definition) is 4. The molecule has 2 fully saturated rings. The maximum Gasteiger partial charge on any atom is 0.416 e. The molecule has 1 saturated carbocycles. The number of fused-ring (bicyclic) bond motifs is 1. The number of alkyl halides is 3. The predicted molar refractivity (Wildman–Crippen MR) is 122 cm³/mol. The van der Waals surface area contributed by atoms with Crippen LogP contribution in [0.3, 0.4) is 0 Å². The van der Waals surface area contributed by atoms with Gasteiger partial charge in [-0.3, -0.25) is 9.69 Å². The first-order valence-electron chi connectivity index (χ1n) is 11.3. The van der Waals surface area contributed by atoms with Gasteiger partial charge in [0, 0.05) is 37.0 Å². The van der Waals surface area contributed by atoms with E-state index in [4.69, 9.17) is 0 Å². The van der Waals surface area contributed by atoms with E-state index < -0.39 is 11.7 Å². The van der Waals surface area contributed by atoms with Crippen LogP contribution in [0.5, 0.6) is 0 Å². The molecule has 32 heavy (non-hydrogen) atoms. The van der Waals surface area contributed by atoms with E-state index in [1.54, 1.807) is 23.9 Å². The summed E-state index contributed by atoms with van der Waals surface area (Å²) in [6.45, 7) is 11.6. The van der Waals surface area contributed by atoms with Crippen molar-refractivity contribution in [3.8, 4) is 0 Å². The fourth-order valence-electron chi connectivity index (χ4n) is 5.22. The molecule has 4 nitrogen and oxygen atoms in total. The minimum Gasteiger partial charge on any atom is -0.343 e. The first-order chi connectivity index (χ1) is 14.8. The maximum atomic E-state index is 12.9. The standard InChI is InChI=1S/C24H32F3N3OS/c1-22(2)10-9-19-18(13-22)20(31)28-21(32-19)30-12-11-29(15-23(30,3)4)14-16-5-7-17(8-6-16)24(25,26)27/h5-8,18-19H,9-15H2,1-4H3. The summed E-state index contributed by atoms with van der Waals surface area (Å²) in [5, 5.41) is 1.15. The topological polar surface area (TPSA) is 35.9 Å². The molecule has 1 saturated heterocycles. The molecule has 1 aromatic carbocycles. The molecule has 0 N–H and O–H groups in total. The Morgan fingerprint density at radius 1 is 1.12 bits per heavy atom. The number of nitrogens with zero attached hydrogens (tertiary/aromatic N) is 3. The Morgan fingerprint density at radius 2 is 1.81 bits per heavy atom. The van der Waals surface area contributed by atoms with Gasteiger partial charge < -0.3 is 4.90 Å². The number of carbonyl (C=O) groups excluding carboxylic acids is 1. The lowest BCUT2D eigenvalue weighted by Gasteiger charge is -2.50. The molecule has 1 aliphatic carbocycles. The molecule has 0 spiro atoms. The van der Waals surface area contributed by atoms with Gasteiger partial charge in [0.2, 0.25) is 0 Å². The number of piperazine rings is 1. The highest BCUT2D eigenvalue weighted by atomic mass is 32.2. The van der Waals surface area contributed by atoms with E-state index in [1.807, 2.05) is 0 Å². The lowest BCUT2D eigenvalue weighted by atomic mass is 9.71.